The highest BCUT2D eigenvalue weighted by atomic mass is 16.5. The maximum Gasteiger partial charge on any atom is 0.325 e. The molecule has 98 valence electrons. The average Bonchev–Trinajstić information content (AvgIpc) is 2.42. The summed E-state index contributed by atoms with van der Waals surface area (Å²) in [6, 6.07) is 6.63. The molecule has 1 rings (SSSR count). The van der Waals surface area contributed by atoms with E-state index in [9.17, 15) is 9.59 Å². The van der Waals surface area contributed by atoms with Crippen LogP contribution in [0.1, 0.15) is 23.7 Å². The van der Waals surface area contributed by atoms with E-state index in [1.165, 1.54) is 0 Å². The first kappa shape index (κ1) is 14.0. The van der Waals surface area contributed by atoms with Crippen LogP contribution < -0.4 is 10.1 Å². The van der Waals surface area contributed by atoms with Crippen molar-refractivity contribution in [2.75, 3.05) is 20.3 Å². The molecule has 0 fully saturated rings. The van der Waals surface area contributed by atoms with E-state index in [0.717, 1.165) is 6.42 Å². The zero-order chi connectivity index (χ0) is 13.4. The van der Waals surface area contributed by atoms with Gasteiger partial charge >= 0.3 is 5.97 Å². The Morgan fingerprint density at radius 2 is 1.89 bits per heavy atom. The van der Waals surface area contributed by atoms with Crippen LogP contribution in [0.3, 0.4) is 0 Å². The number of carbonyl (C=O) groups is 2. The van der Waals surface area contributed by atoms with Gasteiger partial charge in [0.15, 0.2) is 0 Å². The van der Waals surface area contributed by atoms with Crippen LogP contribution in [0.2, 0.25) is 0 Å². The molecular formula is C13H17NO4. The number of amides is 1. The molecular weight excluding hydrogens is 234 g/mol. The van der Waals surface area contributed by atoms with Crippen LogP contribution in [0.25, 0.3) is 0 Å². The zero-order valence-electron chi connectivity index (χ0n) is 10.6. The molecule has 5 heteroatoms. The van der Waals surface area contributed by atoms with E-state index in [4.69, 9.17) is 9.47 Å². The molecule has 5 nitrogen and oxygen atoms in total. The van der Waals surface area contributed by atoms with Crippen molar-refractivity contribution in [1.82, 2.24) is 5.32 Å². The van der Waals surface area contributed by atoms with Gasteiger partial charge in [-0.1, -0.05) is 6.92 Å². The average molecular weight is 251 g/mol. The summed E-state index contributed by atoms with van der Waals surface area (Å²) in [7, 11) is 1.55. The fourth-order valence-electron chi connectivity index (χ4n) is 1.26. The molecule has 0 aromatic heterocycles. The number of ether oxygens (including phenoxy) is 2. The molecule has 0 aliphatic rings. The van der Waals surface area contributed by atoms with Gasteiger partial charge in [0.25, 0.3) is 5.91 Å². The van der Waals surface area contributed by atoms with Gasteiger partial charge in [0.1, 0.15) is 12.3 Å². The molecule has 0 aliphatic heterocycles. The molecule has 1 amide bonds. The molecule has 0 saturated heterocycles. The normalized spacial score (nSPS) is 9.67. The summed E-state index contributed by atoms with van der Waals surface area (Å²) < 4.78 is 9.83. The molecule has 0 aliphatic carbocycles. The highest BCUT2D eigenvalue weighted by Gasteiger charge is 2.08. The van der Waals surface area contributed by atoms with Crippen molar-refractivity contribution in [3.05, 3.63) is 29.8 Å². The predicted octanol–water partition coefficient (Wildman–Crippen LogP) is 1.38. The maximum absolute atomic E-state index is 11.7. The molecule has 1 N–H and O–H groups in total. The Bertz CT molecular complexity index is 400. The van der Waals surface area contributed by atoms with Gasteiger partial charge in [-0.15, -0.1) is 0 Å². The van der Waals surface area contributed by atoms with Crippen LogP contribution in [0, 0.1) is 0 Å². The second-order valence-electron chi connectivity index (χ2n) is 3.63. The van der Waals surface area contributed by atoms with Crippen LogP contribution >= 0.6 is 0 Å². The van der Waals surface area contributed by atoms with Crippen molar-refractivity contribution in [2.24, 2.45) is 0 Å². The quantitative estimate of drug-likeness (QED) is 0.776. The maximum atomic E-state index is 11.7. The largest absolute Gasteiger partial charge is 0.497 e. The molecule has 0 unspecified atom stereocenters. The molecule has 0 saturated carbocycles. The van der Waals surface area contributed by atoms with E-state index < -0.39 is 5.97 Å². The van der Waals surface area contributed by atoms with Crippen molar-refractivity contribution >= 4 is 11.9 Å². The van der Waals surface area contributed by atoms with Gasteiger partial charge in [-0.05, 0) is 30.7 Å². The Balaban J connectivity index is 2.42. The summed E-state index contributed by atoms with van der Waals surface area (Å²) in [5.41, 5.74) is 0.471. The van der Waals surface area contributed by atoms with Crippen LogP contribution in [0.15, 0.2) is 24.3 Å². The van der Waals surface area contributed by atoms with Gasteiger partial charge in [-0.2, -0.15) is 0 Å². The molecule has 18 heavy (non-hydrogen) atoms. The van der Waals surface area contributed by atoms with E-state index >= 15 is 0 Å². The summed E-state index contributed by atoms with van der Waals surface area (Å²) in [6.07, 6.45) is 0.762. The first-order valence-electron chi connectivity index (χ1n) is 5.75. The van der Waals surface area contributed by atoms with Crippen molar-refractivity contribution in [2.45, 2.75) is 13.3 Å². The molecule has 0 bridgehead atoms. The van der Waals surface area contributed by atoms with Crippen LogP contribution in [0.5, 0.6) is 5.75 Å². The molecule has 0 atom stereocenters. The van der Waals surface area contributed by atoms with Crippen molar-refractivity contribution in [3.8, 4) is 5.75 Å². The zero-order valence-corrected chi connectivity index (χ0v) is 10.6. The van der Waals surface area contributed by atoms with Crippen molar-refractivity contribution < 1.29 is 19.1 Å². The van der Waals surface area contributed by atoms with Gasteiger partial charge in [0.05, 0.1) is 13.7 Å². The van der Waals surface area contributed by atoms with Crippen molar-refractivity contribution in [1.29, 1.82) is 0 Å². The number of nitrogens with one attached hydrogen (secondary N) is 1. The van der Waals surface area contributed by atoms with Gasteiger partial charge in [-0.25, -0.2) is 0 Å². The lowest BCUT2D eigenvalue weighted by Crippen LogP contribution is -2.30. The second-order valence-corrected chi connectivity index (χ2v) is 3.63. The molecule has 0 spiro atoms. The summed E-state index contributed by atoms with van der Waals surface area (Å²) in [4.78, 5) is 22.8. The SMILES string of the molecule is CCCOC(=O)CNC(=O)c1ccc(OC)cc1. The third-order valence-electron chi connectivity index (χ3n) is 2.21. The minimum absolute atomic E-state index is 0.120. The first-order chi connectivity index (χ1) is 8.67. The Kier molecular flexibility index (Phi) is 5.70. The highest BCUT2D eigenvalue weighted by molar-refractivity contribution is 5.95. The number of benzene rings is 1. The smallest absolute Gasteiger partial charge is 0.325 e. The summed E-state index contributed by atoms with van der Waals surface area (Å²) in [5, 5.41) is 2.49. The topological polar surface area (TPSA) is 64.6 Å². The standard InChI is InChI=1S/C13H17NO4/c1-3-8-18-12(15)9-14-13(16)10-4-6-11(17-2)7-5-10/h4-7H,3,8-9H2,1-2H3,(H,14,16). The lowest BCUT2D eigenvalue weighted by molar-refractivity contribution is -0.142. The van der Waals surface area contributed by atoms with Crippen molar-refractivity contribution in [3.63, 3.8) is 0 Å². The second kappa shape index (κ2) is 7.32. The van der Waals surface area contributed by atoms with Crippen LogP contribution in [0.4, 0.5) is 0 Å². The lowest BCUT2D eigenvalue weighted by Gasteiger charge is -2.06. The van der Waals surface area contributed by atoms with E-state index in [-0.39, 0.29) is 12.5 Å². The monoisotopic (exact) mass is 251 g/mol. The lowest BCUT2D eigenvalue weighted by atomic mass is 10.2. The third kappa shape index (κ3) is 4.45. The Morgan fingerprint density at radius 3 is 2.44 bits per heavy atom. The number of hydrogen-bond donors (Lipinski definition) is 1. The number of carbonyl (C=O) groups excluding carboxylic acids is 2. The summed E-state index contributed by atoms with van der Waals surface area (Å²) in [5.74, 6) is -0.0706. The first-order valence-corrected chi connectivity index (χ1v) is 5.75. The summed E-state index contributed by atoms with van der Waals surface area (Å²) >= 11 is 0. The Labute approximate surface area is 106 Å². The van der Waals surface area contributed by atoms with E-state index in [1.54, 1.807) is 31.4 Å². The van der Waals surface area contributed by atoms with Crippen LogP contribution in [-0.4, -0.2) is 32.1 Å². The Morgan fingerprint density at radius 1 is 1.22 bits per heavy atom. The number of methoxy groups -OCH3 is 1. The van der Waals surface area contributed by atoms with Gasteiger partial charge < -0.3 is 14.8 Å². The van der Waals surface area contributed by atoms with Crippen LogP contribution in [-0.2, 0) is 9.53 Å². The number of rotatable bonds is 6. The number of esters is 1. The number of hydrogen-bond acceptors (Lipinski definition) is 4. The van der Waals surface area contributed by atoms with E-state index in [1.807, 2.05) is 6.92 Å². The van der Waals surface area contributed by atoms with E-state index in [0.29, 0.717) is 17.9 Å². The molecule has 0 radical (unpaired) electrons. The fraction of sp³-hybridized carbons (Fsp3) is 0.385. The fourth-order valence-corrected chi connectivity index (χ4v) is 1.26. The van der Waals surface area contributed by atoms with E-state index in [2.05, 4.69) is 5.32 Å². The van der Waals surface area contributed by atoms with Gasteiger partial charge in [-0.3, -0.25) is 9.59 Å². The molecule has 1 aromatic rings. The molecule has 1 aromatic carbocycles. The predicted molar refractivity (Wildman–Crippen MR) is 66.6 cm³/mol. The highest BCUT2D eigenvalue weighted by Crippen LogP contribution is 2.10. The van der Waals surface area contributed by atoms with Gasteiger partial charge in [0, 0.05) is 5.56 Å². The van der Waals surface area contributed by atoms with Gasteiger partial charge in [0.2, 0.25) is 0 Å². The Hall–Kier alpha value is -2.04. The summed E-state index contributed by atoms with van der Waals surface area (Å²) in [6.45, 7) is 2.16. The minimum atomic E-state index is -0.432. The minimum Gasteiger partial charge on any atom is -0.497 e. The third-order valence-corrected chi connectivity index (χ3v) is 2.21. The molecule has 0 heterocycles.